The first-order valence-electron chi connectivity index (χ1n) is 10.1. The predicted molar refractivity (Wildman–Crippen MR) is 107 cm³/mol. The van der Waals surface area contributed by atoms with E-state index < -0.39 is 47.1 Å². The van der Waals surface area contributed by atoms with Crippen LogP contribution in [-0.2, 0) is 12.0 Å². The van der Waals surface area contributed by atoms with Gasteiger partial charge in [0.25, 0.3) is 12.3 Å². The number of imidazole rings is 1. The van der Waals surface area contributed by atoms with Crippen LogP contribution in [0.25, 0.3) is 5.52 Å². The van der Waals surface area contributed by atoms with Crippen molar-refractivity contribution in [3.63, 3.8) is 0 Å². The van der Waals surface area contributed by atoms with Crippen LogP contribution >= 0.6 is 0 Å². The number of pyridine rings is 1. The van der Waals surface area contributed by atoms with Crippen molar-refractivity contribution in [1.29, 1.82) is 0 Å². The van der Waals surface area contributed by atoms with Crippen molar-refractivity contribution < 1.29 is 27.5 Å². The minimum absolute atomic E-state index is 0.155. The SMILES string of the molecule is CC(C)(O)c1nc(C(F)F)c(C(=O)N2CCc3[nH]cnc3C2c2cc3ccc(F)cn3n2)o1. The van der Waals surface area contributed by atoms with Crippen LogP contribution in [0, 0.1) is 5.82 Å². The number of carbonyl (C=O) groups excluding carboxylic acids is 1. The highest BCUT2D eigenvalue weighted by molar-refractivity contribution is 5.93. The maximum Gasteiger partial charge on any atom is 0.292 e. The molecule has 172 valence electrons. The number of carbonyl (C=O) groups is 1. The molecule has 4 aromatic rings. The second-order valence-corrected chi connectivity index (χ2v) is 8.30. The highest BCUT2D eigenvalue weighted by Crippen LogP contribution is 2.36. The van der Waals surface area contributed by atoms with Crippen LogP contribution in [0.1, 0.15) is 65.5 Å². The highest BCUT2D eigenvalue weighted by atomic mass is 19.3. The Morgan fingerprint density at radius 1 is 1.36 bits per heavy atom. The average molecular weight is 460 g/mol. The van der Waals surface area contributed by atoms with Crippen LogP contribution in [0.4, 0.5) is 13.2 Å². The summed E-state index contributed by atoms with van der Waals surface area (Å²) in [6.45, 7) is 2.79. The predicted octanol–water partition coefficient (Wildman–Crippen LogP) is 3.14. The van der Waals surface area contributed by atoms with E-state index in [9.17, 15) is 23.1 Å². The summed E-state index contributed by atoms with van der Waals surface area (Å²) in [4.78, 5) is 25.8. The largest absolute Gasteiger partial charge is 0.432 e. The third-order valence-corrected chi connectivity index (χ3v) is 5.49. The molecule has 1 unspecified atom stereocenters. The van der Waals surface area contributed by atoms with Gasteiger partial charge in [-0.15, -0.1) is 0 Å². The van der Waals surface area contributed by atoms with Gasteiger partial charge in [0.05, 0.1) is 29.4 Å². The van der Waals surface area contributed by atoms with Crippen LogP contribution in [0.5, 0.6) is 0 Å². The number of hydrogen-bond acceptors (Lipinski definition) is 6. The zero-order chi connectivity index (χ0) is 23.5. The Balaban J connectivity index is 1.62. The monoisotopic (exact) mass is 460 g/mol. The molecule has 9 nitrogen and oxygen atoms in total. The van der Waals surface area contributed by atoms with Crippen molar-refractivity contribution in [1.82, 2.24) is 29.5 Å². The van der Waals surface area contributed by atoms with Crippen LogP contribution < -0.4 is 0 Å². The van der Waals surface area contributed by atoms with Crippen molar-refractivity contribution >= 4 is 11.4 Å². The van der Waals surface area contributed by atoms with Gasteiger partial charge in [-0.2, -0.15) is 5.10 Å². The fraction of sp³-hybridized carbons (Fsp3) is 0.333. The Morgan fingerprint density at radius 3 is 2.88 bits per heavy atom. The van der Waals surface area contributed by atoms with Gasteiger partial charge in [0.15, 0.2) is 5.69 Å². The van der Waals surface area contributed by atoms with E-state index in [-0.39, 0.29) is 6.54 Å². The van der Waals surface area contributed by atoms with Gasteiger partial charge in [-0.05, 0) is 32.0 Å². The van der Waals surface area contributed by atoms with Crippen LogP contribution in [0.3, 0.4) is 0 Å². The lowest BCUT2D eigenvalue weighted by atomic mass is 9.99. The van der Waals surface area contributed by atoms with E-state index >= 15 is 0 Å². The number of hydrogen-bond donors (Lipinski definition) is 2. The summed E-state index contributed by atoms with van der Waals surface area (Å²) in [6, 6.07) is 3.65. The molecule has 0 bridgehead atoms. The number of halogens is 3. The zero-order valence-corrected chi connectivity index (χ0v) is 17.6. The zero-order valence-electron chi connectivity index (χ0n) is 17.6. The first-order chi connectivity index (χ1) is 15.6. The number of aromatic nitrogens is 5. The molecule has 0 spiro atoms. The number of amides is 1. The third kappa shape index (κ3) is 3.55. The Bertz CT molecular complexity index is 1350. The molecule has 1 atom stereocenters. The molecule has 1 aliphatic rings. The van der Waals surface area contributed by atoms with E-state index in [4.69, 9.17) is 4.42 Å². The normalized spacial score (nSPS) is 16.6. The first kappa shape index (κ1) is 21.2. The standard InChI is InChI=1S/C21H19F3N6O3/c1-21(2,32)20-27-15(18(23)24)17(33-20)19(31)29-6-5-12-14(26-9-25-12)16(29)13-7-11-4-3-10(22)8-30(11)28-13/h3-4,7-9,16,18,32H,5-6H2,1-2H3,(H,25,26). The summed E-state index contributed by atoms with van der Waals surface area (Å²) in [6.07, 6.45) is -0.0193. The van der Waals surface area contributed by atoms with Gasteiger partial charge in [0.2, 0.25) is 11.7 Å². The second-order valence-electron chi connectivity index (χ2n) is 8.30. The molecule has 2 N–H and O–H groups in total. The van der Waals surface area contributed by atoms with Gasteiger partial charge < -0.3 is 19.4 Å². The number of fused-ring (bicyclic) bond motifs is 2. The first-order valence-corrected chi connectivity index (χ1v) is 10.1. The molecule has 0 aliphatic carbocycles. The molecule has 0 saturated carbocycles. The maximum atomic E-state index is 13.7. The fourth-order valence-electron chi connectivity index (χ4n) is 3.94. The van der Waals surface area contributed by atoms with Crippen molar-refractivity contribution in [3.05, 3.63) is 71.0 Å². The van der Waals surface area contributed by atoms with E-state index in [0.29, 0.717) is 23.3 Å². The molecule has 12 heteroatoms. The molecule has 5 heterocycles. The van der Waals surface area contributed by atoms with E-state index in [1.807, 2.05) is 0 Å². The highest BCUT2D eigenvalue weighted by Gasteiger charge is 2.40. The number of aromatic amines is 1. The number of alkyl halides is 2. The summed E-state index contributed by atoms with van der Waals surface area (Å²) >= 11 is 0. The molecule has 0 radical (unpaired) electrons. The minimum Gasteiger partial charge on any atom is -0.432 e. The summed E-state index contributed by atoms with van der Waals surface area (Å²) in [5.74, 6) is -2.37. The van der Waals surface area contributed by atoms with Gasteiger partial charge in [0, 0.05) is 18.7 Å². The molecule has 4 aromatic heterocycles. The van der Waals surface area contributed by atoms with Gasteiger partial charge in [0.1, 0.15) is 17.5 Å². The summed E-state index contributed by atoms with van der Waals surface area (Å²) in [7, 11) is 0. The number of H-pyrrole nitrogens is 1. The number of aliphatic hydroxyl groups is 1. The van der Waals surface area contributed by atoms with Crippen molar-refractivity contribution in [3.8, 4) is 0 Å². The van der Waals surface area contributed by atoms with E-state index in [2.05, 4.69) is 20.1 Å². The van der Waals surface area contributed by atoms with E-state index in [1.165, 1.54) is 47.9 Å². The second kappa shape index (κ2) is 7.44. The molecular formula is C21H19F3N6O3. The van der Waals surface area contributed by atoms with Gasteiger partial charge in [-0.25, -0.2) is 27.7 Å². The molecule has 0 aromatic carbocycles. The average Bonchev–Trinajstić information content (AvgIpc) is 3.48. The summed E-state index contributed by atoms with van der Waals surface area (Å²) < 4.78 is 47.8. The van der Waals surface area contributed by atoms with Gasteiger partial charge in [-0.3, -0.25) is 4.79 Å². The molecule has 5 rings (SSSR count). The summed E-state index contributed by atoms with van der Waals surface area (Å²) in [5, 5.41) is 14.6. The lowest BCUT2D eigenvalue weighted by Gasteiger charge is -2.33. The fourth-order valence-corrected chi connectivity index (χ4v) is 3.94. The summed E-state index contributed by atoms with van der Waals surface area (Å²) in [5.41, 5.74) is -0.275. The molecule has 1 aliphatic heterocycles. The molecule has 1 amide bonds. The Kier molecular flexibility index (Phi) is 4.78. The van der Waals surface area contributed by atoms with Crippen molar-refractivity contribution in [2.75, 3.05) is 6.54 Å². The third-order valence-electron chi connectivity index (χ3n) is 5.49. The number of oxazole rings is 1. The Hall–Kier alpha value is -3.67. The lowest BCUT2D eigenvalue weighted by molar-refractivity contribution is 0.0440. The number of rotatable bonds is 4. The molecule has 33 heavy (non-hydrogen) atoms. The van der Waals surface area contributed by atoms with E-state index in [1.54, 1.807) is 6.07 Å². The molecule has 0 fully saturated rings. The topological polar surface area (TPSA) is 113 Å². The number of nitrogens with one attached hydrogen (secondary N) is 1. The lowest BCUT2D eigenvalue weighted by Crippen LogP contribution is -2.41. The minimum atomic E-state index is -3.09. The van der Waals surface area contributed by atoms with Crippen molar-refractivity contribution in [2.24, 2.45) is 0 Å². The van der Waals surface area contributed by atoms with Crippen molar-refractivity contribution in [2.45, 2.75) is 38.3 Å². The molecule has 0 saturated heterocycles. The van der Waals surface area contributed by atoms with Gasteiger partial charge in [-0.1, -0.05) is 0 Å². The van der Waals surface area contributed by atoms with E-state index in [0.717, 1.165) is 5.69 Å². The van der Waals surface area contributed by atoms with Crippen LogP contribution in [-0.4, -0.2) is 47.0 Å². The van der Waals surface area contributed by atoms with Gasteiger partial charge >= 0.3 is 0 Å². The van der Waals surface area contributed by atoms with Crippen LogP contribution in [0.15, 0.2) is 35.1 Å². The molecular weight excluding hydrogens is 441 g/mol. The quantitative estimate of drug-likeness (QED) is 0.484. The maximum absolute atomic E-state index is 13.7. The Labute approximate surface area is 184 Å². The number of nitrogens with zero attached hydrogens (tertiary/aromatic N) is 5. The Morgan fingerprint density at radius 2 is 2.15 bits per heavy atom. The van der Waals surface area contributed by atoms with Crippen LogP contribution in [0.2, 0.25) is 0 Å². The smallest absolute Gasteiger partial charge is 0.292 e.